The number of rotatable bonds is 3. The summed E-state index contributed by atoms with van der Waals surface area (Å²) in [7, 11) is 0. The Morgan fingerprint density at radius 3 is 2.54 bits per heavy atom. The van der Waals surface area contributed by atoms with Crippen LogP contribution >= 0.6 is 0 Å². The van der Waals surface area contributed by atoms with Crippen molar-refractivity contribution in [3.8, 4) is 0 Å². The fourth-order valence-corrected chi connectivity index (χ4v) is 2.52. The van der Waals surface area contributed by atoms with Crippen LogP contribution in [0.3, 0.4) is 0 Å². The van der Waals surface area contributed by atoms with Gasteiger partial charge in [0.05, 0.1) is 5.52 Å². The summed E-state index contributed by atoms with van der Waals surface area (Å²) in [5.41, 5.74) is 0.540. The molecule has 0 aliphatic rings. The Hall–Kier alpha value is -3.22. The van der Waals surface area contributed by atoms with E-state index in [2.05, 4.69) is 15.6 Å². The molecule has 26 heavy (non-hydrogen) atoms. The first-order valence-electron chi connectivity index (χ1n) is 8.11. The molecule has 1 aromatic carbocycles. The highest BCUT2D eigenvalue weighted by molar-refractivity contribution is 6.06. The van der Waals surface area contributed by atoms with Crippen LogP contribution in [0.4, 0.5) is 10.1 Å². The zero-order valence-corrected chi connectivity index (χ0v) is 14.7. The molecule has 0 atom stereocenters. The molecular weight excluding hydrogens is 335 g/mol. The summed E-state index contributed by atoms with van der Waals surface area (Å²) in [5, 5.41) is 5.44. The monoisotopic (exact) mass is 354 g/mol. The van der Waals surface area contributed by atoms with Crippen LogP contribution in [0, 0.1) is 5.82 Å². The highest BCUT2D eigenvalue weighted by Gasteiger charge is 2.24. The van der Waals surface area contributed by atoms with E-state index < -0.39 is 17.3 Å². The smallest absolute Gasteiger partial charge is 0.292 e. The number of imidazole rings is 1. The Bertz CT molecular complexity index is 989. The third-order valence-corrected chi connectivity index (χ3v) is 3.54. The van der Waals surface area contributed by atoms with Gasteiger partial charge in [-0.15, -0.1) is 0 Å². The summed E-state index contributed by atoms with van der Waals surface area (Å²) >= 11 is 0. The second-order valence-corrected chi connectivity index (χ2v) is 6.91. The maximum Gasteiger partial charge on any atom is 0.292 e. The van der Waals surface area contributed by atoms with Crippen LogP contribution in [0.1, 0.15) is 41.9 Å². The van der Waals surface area contributed by atoms with Crippen LogP contribution in [0.5, 0.6) is 0 Å². The number of fused-ring (bicyclic) bond motifs is 1. The molecule has 0 aliphatic heterocycles. The van der Waals surface area contributed by atoms with Gasteiger partial charge in [0.2, 0.25) is 5.82 Å². The van der Waals surface area contributed by atoms with Gasteiger partial charge in [0.25, 0.3) is 11.8 Å². The van der Waals surface area contributed by atoms with Crippen LogP contribution < -0.4 is 10.6 Å². The molecule has 2 aromatic heterocycles. The Morgan fingerprint density at radius 2 is 1.85 bits per heavy atom. The molecule has 134 valence electrons. The number of hydrogen-bond donors (Lipinski definition) is 2. The van der Waals surface area contributed by atoms with Gasteiger partial charge in [-0.25, -0.2) is 9.37 Å². The number of nitrogens with one attached hydrogen (secondary N) is 2. The molecule has 0 aliphatic carbocycles. The van der Waals surface area contributed by atoms with Gasteiger partial charge in [0.1, 0.15) is 5.82 Å². The number of halogens is 1. The van der Waals surface area contributed by atoms with E-state index in [9.17, 15) is 14.0 Å². The Kier molecular flexibility index (Phi) is 4.46. The number of benzene rings is 1. The van der Waals surface area contributed by atoms with E-state index in [0.29, 0.717) is 11.2 Å². The maximum atomic E-state index is 13.3. The number of amides is 2. The lowest BCUT2D eigenvalue weighted by Gasteiger charge is -2.19. The normalized spacial score (nSPS) is 11.4. The first-order valence-corrected chi connectivity index (χ1v) is 8.11. The van der Waals surface area contributed by atoms with Crippen molar-refractivity contribution in [3.63, 3.8) is 0 Å². The van der Waals surface area contributed by atoms with E-state index in [1.165, 1.54) is 22.6 Å². The van der Waals surface area contributed by atoms with Crippen LogP contribution in [0.25, 0.3) is 5.52 Å². The zero-order chi connectivity index (χ0) is 18.9. The summed E-state index contributed by atoms with van der Waals surface area (Å²) in [6, 6.07) is 10.8. The Balaban J connectivity index is 1.98. The van der Waals surface area contributed by atoms with E-state index in [-0.39, 0.29) is 17.4 Å². The molecule has 0 saturated carbocycles. The number of nitrogens with zero attached hydrogens (tertiary/aromatic N) is 2. The van der Waals surface area contributed by atoms with Gasteiger partial charge in [-0.2, -0.15) is 0 Å². The molecule has 6 nitrogen and oxygen atoms in total. The van der Waals surface area contributed by atoms with Gasteiger partial charge in [-0.1, -0.05) is 12.1 Å². The second kappa shape index (κ2) is 6.59. The molecule has 0 spiro atoms. The number of aromatic nitrogens is 2. The molecule has 0 radical (unpaired) electrons. The van der Waals surface area contributed by atoms with Gasteiger partial charge in [-0.05, 0) is 51.1 Å². The Morgan fingerprint density at radius 1 is 1.08 bits per heavy atom. The average Bonchev–Trinajstić information content (AvgIpc) is 2.93. The molecule has 2 amide bonds. The van der Waals surface area contributed by atoms with Crippen molar-refractivity contribution in [1.82, 2.24) is 14.7 Å². The van der Waals surface area contributed by atoms with Crippen molar-refractivity contribution in [2.45, 2.75) is 26.3 Å². The lowest BCUT2D eigenvalue weighted by molar-refractivity contribution is 0.0916. The molecule has 0 fully saturated rings. The first kappa shape index (κ1) is 17.6. The molecule has 2 heterocycles. The molecule has 0 bridgehead atoms. The number of carbonyl (C=O) groups is 2. The van der Waals surface area contributed by atoms with Crippen LogP contribution in [-0.4, -0.2) is 26.7 Å². The summed E-state index contributed by atoms with van der Waals surface area (Å²) in [6.45, 7) is 5.59. The van der Waals surface area contributed by atoms with Crippen molar-refractivity contribution in [2.24, 2.45) is 0 Å². The van der Waals surface area contributed by atoms with Gasteiger partial charge in [0, 0.05) is 17.4 Å². The molecular formula is C19H19FN4O2. The number of hydrogen-bond acceptors (Lipinski definition) is 3. The second-order valence-electron chi connectivity index (χ2n) is 6.91. The summed E-state index contributed by atoms with van der Waals surface area (Å²) in [5.74, 6) is -1.32. The minimum atomic E-state index is -0.536. The molecule has 0 saturated heterocycles. The fraction of sp³-hybridized carbons (Fsp3) is 0.211. The third-order valence-electron chi connectivity index (χ3n) is 3.54. The molecule has 3 aromatic rings. The van der Waals surface area contributed by atoms with E-state index in [1.54, 1.807) is 30.5 Å². The van der Waals surface area contributed by atoms with E-state index in [4.69, 9.17) is 0 Å². The summed E-state index contributed by atoms with van der Waals surface area (Å²) < 4.78 is 14.8. The van der Waals surface area contributed by atoms with Crippen molar-refractivity contribution in [1.29, 1.82) is 0 Å². The largest absolute Gasteiger partial charge is 0.346 e. The van der Waals surface area contributed by atoms with Gasteiger partial charge in [-0.3, -0.25) is 14.0 Å². The Labute approximate surface area is 150 Å². The van der Waals surface area contributed by atoms with Crippen molar-refractivity contribution in [3.05, 3.63) is 66.0 Å². The fourth-order valence-electron chi connectivity index (χ4n) is 2.52. The molecule has 3 rings (SSSR count). The van der Waals surface area contributed by atoms with Gasteiger partial charge >= 0.3 is 0 Å². The minimum Gasteiger partial charge on any atom is -0.346 e. The molecule has 2 N–H and O–H groups in total. The van der Waals surface area contributed by atoms with Crippen molar-refractivity contribution in [2.75, 3.05) is 5.32 Å². The minimum absolute atomic E-state index is 0.0453. The van der Waals surface area contributed by atoms with Crippen molar-refractivity contribution >= 4 is 23.0 Å². The van der Waals surface area contributed by atoms with Crippen molar-refractivity contribution < 1.29 is 14.0 Å². The highest BCUT2D eigenvalue weighted by atomic mass is 19.1. The van der Waals surface area contributed by atoms with Crippen LogP contribution in [0.15, 0.2) is 48.7 Å². The van der Waals surface area contributed by atoms with E-state index in [1.807, 2.05) is 20.8 Å². The number of carbonyl (C=O) groups excluding carboxylic acids is 2. The number of anilines is 1. The summed E-state index contributed by atoms with van der Waals surface area (Å²) in [6.07, 6.45) is 1.65. The predicted octanol–water partition coefficient (Wildman–Crippen LogP) is 3.25. The standard InChI is InChI=1S/C19H19FN4O2/c1-19(2,3)23-17(25)15-14-9-4-5-10-24(14)16(22-15)18(26)21-13-8-6-7-12(20)11-13/h4-11H,1-3H3,(H,21,26)(H,23,25). The predicted molar refractivity (Wildman–Crippen MR) is 96.8 cm³/mol. The van der Waals surface area contributed by atoms with Crippen LogP contribution in [-0.2, 0) is 0 Å². The van der Waals surface area contributed by atoms with Gasteiger partial charge < -0.3 is 10.6 Å². The maximum absolute atomic E-state index is 13.3. The van der Waals surface area contributed by atoms with E-state index >= 15 is 0 Å². The summed E-state index contributed by atoms with van der Waals surface area (Å²) in [4.78, 5) is 29.4. The average molecular weight is 354 g/mol. The zero-order valence-electron chi connectivity index (χ0n) is 14.7. The van der Waals surface area contributed by atoms with E-state index in [0.717, 1.165) is 0 Å². The van der Waals surface area contributed by atoms with Gasteiger partial charge in [0.15, 0.2) is 5.69 Å². The SMILES string of the molecule is CC(C)(C)NC(=O)c1nc(C(=O)Nc2cccc(F)c2)n2ccccc12. The number of pyridine rings is 1. The lowest BCUT2D eigenvalue weighted by Crippen LogP contribution is -2.40. The lowest BCUT2D eigenvalue weighted by atomic mass is 10.1. The highest BCUT2D eigenvalue weighted by Crippen LogP contribution is 2.16. The molecule has 0 unspecified atom stereocenters. The third kappa shape index (κ3) is 3.72. The topological polar surface area (TPSA) is 75.5 Å². The quantitative estimate of drug-likeness (QED) is 0.758. The first-order chi connectivity index (χ1) is 12.2. The van der Waals surface area contributed by atoms with Crippen LogP contribution in [0.2, 0.25) is 0 Å². The molecule has 7 heteroatoms.